The van der Waals surface area contributed by atoms with E-state index in [1.165, 1.54) is 5.56 Å². The van der Waals surface area contributed by atoms with Gasteiger partial charge in [0, 0.05) is 26.1 Å². The molecular weight excluding hydrogens is 288 g/mol. The van der Waals surface area contributed by atoms with Gasteiger partial charge in [-0.2, -0.15) is 0 Å². The molecule has 0 aliphatic carbocycles. The zero-order valence-electron chi connectivity index (χ0n) is 12.7. The lowest BCUT2D eigenvalue weighted by atomic mass is 9.89. The molecule has 1 heterocycles. The van der Waals surface area contributed by atoms with Gasteiger partial charge in [-0.05, 0) is 18.0 Å². The molecule has 3 atom stereocenters. The number of rotatable bonds is 5. The average molecular weight is 313 g/mol. The largest absolute Gasteiger partial charge is 0.384 e. The first-order valence-electron chi connectivity index (χ1n) is 7.20. The minimum atomic E-state index is -0.0899. The van der Waals surface area contributed by atoms with Crippen LogP contribution in [0.1, 0.15) is 18.4 Å². The summed E-state index contributed by atoms with van der Waals surface area (Å²) < 4.78 is 5.08. The minimum absolute atomic E-state index is 0. The third kappa shape index (κ3) is 4.19. The van der Waals surface area contributed by atoms with Crippen LogP contribution >= 0.6 is 12.4 Å². The van der Waals surface area contributed by atoms with E-state index in [2.05, 4.69) is 12.1 Å². The van der Waals surface area contributed by atoms with Gasteiger partial charge >= 0.3 is 0 Å². The molecule has 0 spiro atoms. The van der Waals surface area contributed by atoms with Crippen molar-refractivity contribution in [3.63, 3.8) is 0 Å². The van der Waals surface area contributed by atoms with Gasteiger partial charge in [-0.15, -0.1) is 12.4 Å². The zero-order chi connectivity index (χ0) is 14.5. The van der Waals surface area contributed by atoms with Gasteiger partial charge in [0.2, 0.25) is 5.91 Å². The Balaban J connectivity index is 0.00000220. The molecule has 1 aromatic carbocycles. The Kier molecular flexibility index (Phi) is 7.15. The maximum absolute atomic E-state index is 12.4. The van der Waals surface area contributed by atoms with Crippen molar-refractivity contribution in [1.29, 1.82) is 0 Å². The summed E-state index contributed by atoms with van der Waals surface area (Å²) in [6, 6.07) is 10.3. The highest BCUT2D eigenvalue weighted by molar-refractivity contribution is 5.85. The van der Waals surface area contributed by atoms with Crippen LogP contribution in [0.15, 0.2) is 30.3 Å². The fourth-order valence-corrected chi connectivity index (χ4v) is 3.00. The summed E-state index contributed by atoms with van der Waals surface area (Å²) in [6.45, 7) is 4.52. The second-order valence-corrected chi connectivity index (χ2v) is 5.61. The maximum Gasteiger partial charge on any atom is 0.227 e. The highest BCUT2D eigenvalue weighted by Crippen LogP contribution is 2.32. The van der Waals surface area contributed by atoms with Gasteiger partial charge < -0.3 is 15.4 Å². The molecule has 1 saturated heterocycles. The quantitative estimate of drug-likeness (QED) is 0.903. The Morgan fingerprint density at radius 3 is 2.62 bits per heavy atom. The van der Waals surface area contributed by atoms with Crippen molar-refractivity contribution in [1.82, 2.24) is 4.90 Å². The van der Waals surface area contributed by atoms with E-state index in [1.54, 1.807) is 7.11 Å². The maximum atomic E-state index is 12.4. The smallest absolute Gasteiger partial charge is 0.227 e. The molecule has 1 amide bonds. The highest BCUT2D eigenvalue weighted by Gasteiger charge is 2.36. The van der Waals surface area contributed by atoms with Crippen LogP contribution in [0.3, 0.4) is 0 Å². The molecule has 2 rings (SSSR count). The van der Waals surface area contributed by atoms with Crippen LogP contribution < -0.4 is 5.73 Å². The van der Waals surface area contributed by atoms with Crippen LogP contribution in [0, 0.1) is 11.8 Å². The van der Waals surface area contributed by atoms with E-state index in [9.17, 15) is 4.79 Å². The first kappa shape index (κ1) is 18.0. The van der Waals surface area contributed by atoms with Crippen molar-refractivity contribution in [3.8, 4) is 0 Å². The zero-order valence-corrected chi connectivity index (χ0v) is 13.5. The third-order valence-corrected chi connectivity index (χ3v) is 4.12. The molecule has 0 radical (unpaired) electrons. The number of hydrogen-bond acceptors (Lipinski definition) is 3. The number of methoxy groups -OCH3 is 1. The molecule has 1 aromatic rings. The van der Waals surface area contributed by atoms with Crippen molar-refractivity contribution >= 4 is 18.3 Å². The van der Waals surface area contributed by atoms with E-state index in [1.807, 2.05) is 30.0 Å². The van der Waals surface area contributed by atoms with Crippen molar-refractivity contribution in [2.24, 2.45) is 17.6 Å². The molecule has 5 heteroatoms. The van der Waals surface area contributed by atoms with E-state index < -0.39 is 0 Å². The van der Waals surface area contributed by atoms with Gasteiger partial charge in [0.1, 0.15) is 0 Å². The van der Waals surface area contributed by atoms with Gasteiger partial charge in [0.15, 0.2) is 0 Å². The molecule has 0 aromatic heterocycles. The Bertz CT molecular complexity index is 441. The molecule has 1 unspecified atom stereocenters. The van der Waals surface area contributed by atoms with E-state index in [4.69, 9.17) is 10.5 Å². The summed E-state index contributed by atoms with van der Waals surface area (Å²) in [5, 5.41) is 0. The predicted molar refractivity (Wildman–Crippen MR) is 86.6 cm³/mol. The number of halogens is 1. The molecule has 1 fully saturated rings. The minimum Gasteiger partial charge on any atom is -0.384 e. The summed E-state index contributed by atoms with van der Waals surface area (Å²) in [5.74, 6) is 0.771. The summed E-state index contributed by atoms with van der Waals surface area (Å²) in [7, 11) is 1.63. The summed E-state index contributed by atoms with van der Waals surface area (Å²) in [6.07, 6.45) is 0. The molecule has 118 valence electrons. The Morgan fingerprint density at radius 2 is 2.05 bits per heavy atom. The molecular formula is C16H25ClN2O2. The van der Waals surface area contributed by atoms with Crippen LogP contribution in [0.4, 0.5) is 0 Å². The van der Waals surface area contributed by atoms with E-state index in [0.29, 0.717) is 25.0 Å². The van der Waals surface area contributed by atoms with Crippen molar-refractivity contribution in [2.45, 2.75) is 12.8 Å². The van der Waals surface area contributed by atoms with Gasteiger partial charge in [0.05, 0.1) is 12.5 Å². The number of benzene rings is 1. The molecule has 1 aliphatic heterocycles. The average Bonchev–Trinajstić information content (AvgIpc) is 2.91. The van der Waals surface area contributed by atoms with E-state index >= 15 is 0 Å². The lowest BCUT2D eigenvalue weighted by Crippen LogP contribution is -2.35. The standard InChI is InChI=1S/C16H24N2O2.ClH/c1-12(11-20-2)16(19)18-9-14(8-17)15(10-18)13-6-4-3-5-7-13;/h3-7,12,14-15H,8-11,17H2,1-2H3;1H/t12?,14-,15+;/m1./s1. The second-order valence-electron chi connectivity index (χ2n) is 5.61. The van der Waals surface area contributed by atoms with Crippen molar-refractivity contribution in [2.75, 3.05) is 33.4 Å². The normalized spacial score (nSPS) is 22.7. The first-order chi connectivity index (χ1) is 9.67. The van der Waals surface area contributed by atoms with Crippen LogP contribution in [-0.4, -0.2) is 44.2 Å². The van der Waals surface area contributed by atoms with E-state index in [0.717, 1.165) is 13.1 Å². The predicted octanol–water partition coefficient (Wildman–Crippen LogP) is 1.89. The lowest BCUT2D eigenvalue weighted by Gasteiger charge is -2.20. The third-order valence-electron chi connectivity index (χ3n) is 4.12. The topological polar surface area (TPSA) is 55.6 Å². The number of carbonyl (C=O) groups is 1. The Hall–Kier alpha value is -1.10. The van der Waals surface area contributed by atoms with Crippen molar-refractivity contribution in [3.05, 3.63) is 35.9 Å². The number of ether oxygens (including phenoxy) is 1. The van der Waals surface area contributed by atoms with Gasteiger partial charge in [-0.3, -0.25) is 4.79 Å². The number of amides is 1. The Labute approximate surface area is 133 Å². The van der Waals surface area contributed by atoms with Crippen molar-refractivity contribution < 1.29 is 9.53 Å². The molecule has 4 nitrogen and oxygen atoms in total. The summed E-state index contributed by atoms with van der Waals surface area (Å²) in [4.78, 5) is 14.3. The van der Waals surface area contributed by atoms with Gasteiger partial charge in [-0.1, -0.05) is 37.3 Å². The summed E-state index contributed by atoms with van der Waals surface area (Å²) >= 11 is 0. The number of hydrogen-bond donors (Lipinski definition) is 1. The molecule has 2 N–H and O–H groups in total. The van der Waals surface area contributed by atoms with Crippen LogP contribution in [0.25, 0.3) is 0 Å². The van der Waals surface area contributed by atoms with E-state index in [-0.39, 0.29) is 24.2 Å². The Morgan fingerprint density at radius 1 is 1.38 bits per heavy atom. The molecule has 1 aliphatic rings. The number of likely N-dealkylation sites (tertiary alicyclic amines) is 1. The fraction of sp³-hybridized carbons (Fsp3) is 0.562. The fourth-order valence-electron chi connectivity index (χ4n) is 3.00. The molecule has 0 bridgehead atoms. The number of nitrogens with two attached hydrogens (primary N) is 1. The second kappa shape index (κ2) is 8.37. The number of carbonyl (C=O) groups excluding carboxylic acids is 1. The monoisotopic (exact) mass is 312 g/mol. The highest BCUT2D eigenvalue weighted by atomic mass is 35.5. The first-order valence-corrected chi connectivity index (χ1v) is 7.20. The molecule has 0 saturated carbocycles. The lowest BCUT2D eigenvalue weighted by molar-refractivity contribution is -0.135. The SMILES string of the molecule is COCC(C)C(=O)N1C[C@@H](CN)[C@H](c2ccccc2)C1.Cl. The van der Waals surface area contributed by atoms with Crippen LogP contribution in [-0.2, 0) is 9.53 Å². The molecule has 21 heavy (non-hydrogen) atoms. The van der Waals surface area contributed by atoms with Crippen LogP contribution in [0.5, 0.6) is 0 Å². The van der Waals surface area contributed by atoms with Gasteiger partial charge in [0.25, 0.3) is 0 Å². The summed E-state index contributed by atoms with van der Waals surface area (Å²) in [5.41, 5.74) is 7.17. The number of nitrogens with zero attached hydrogens (tertiary/aromatic N) is 1. The van der Waals surface area contributed by atoms with Gasteiger partial charge in [-0.25, -0.2) is 0 Å². The van der Waals surface area contributed by atoms with Crippen LogP contribution in [0.2, 0.25) is 0 Å².